The molecule has 0 aliphatic rings. The lowest BCUT2D eigenvalue weighted by molar-refractivity contribution is -0.118. The van der Waals surface area contributed by atoms with E-state index in [0.29, 0.717) is 21.7 Å². The lowest BCUT2D eigenvalue weighted by atomic mass is 10.3. The van der Waals surface area contributed by atoms with Gasteiger partial charge in [0.25, 0.3) is 0 Å². The minimum absolute atomic E-state index is 0.121. The number of phenols is 1. The third kappa shape index (κ3) is 4.25. The van der Waals surface area contributed by atoms with Gasteiger partial charge in [-0.05, 0) is 46.8 Å². The van der Waals surface area contributed by atoms with Crippen LogP contribution in [0.15, 0.2) is 41.6 Å². The Labute approximate surface area is 150 Å². The summed E-state index contributed by atoms with van der Waals surface area (Å²) in [4.78, 5) is 12.9. The molecule has 7 nitrogen and oxygen atoms in total. The van der Waals surface area contributed by atoms with Crippen molar-refractivity contribution in [3.63, 3.8) is 0 Å². The Hall–Kier alpha value is -2.10. The lowest BCUT2D eigenvalue weighted by Gasteiger charge is -2.05. The van der Waals surface area contributed by atoms with Crippen molar-refractivity contribution in [1.29, 1.82) is 0 Å². The van der Waals surface area contributed by atoms with Crippen LogP contribution in [0, 0.1) is 0 Å². The highest BCUT2D eigenvalue weighted by Gasteiger charge is 2.11. The van der Waals surface area contributed by atoms with Gasteiger partial charge in [0, 0.05) is 4.88 Å². The number of carbonyl (C=O) groups excluding carboxylic acids is 1. The summed E-state index contributed by atoms with van der Waals surface area (Å²) in [6.45, 7) is 0.444. The molecule has 3 aromatic rings. The summed E-state index contributed by atoms with van der Waals surface area (Å²) in [5.74, 6) is 0.233. The van der Waals surface area contributed by atoms with Crippen LogP contribution in [0.3, 0.4) is 0 Å². The summed E-state index contributed by atoms with van der Waals surface area (Å²) >= 11 is 8.52. The highest BCUT2D eigenvalue weighted by atomic mass is 35.5. The molecule has 0 bridgehead atoms. The number of hydrogen-bond donors (Lipinski definition) is 2. The molecule has 124 valence electrons. The standard InChI is InChI=1S/C14H12ClN5O2S2/c15-12-6-5-11(24-12)7-16-13(22)8-23-14-17-18-19-20(14)9-1-3-10(21)4-2-9/h1-6,21H,7-8H2,(H,16,22). The van der Waals surface area contributed by atoms with Gasteiger partial charge in [0.2, 0.25) is 11.1 Å². The predicted octanol–water partition coefficient (Wildman–Crippen LogP) is 2.49. The number of nitrogens with one attached hydrogen (secondary N) is 1. The van der Waals surface area contributed by atoms with E-state index in [2.05, 4.69) is 20.8 Å². The normalized spacial score (nSPS) is 10.7. The van der Waals surface area contributed by atoms with Crippen molar-refractivity contribution < 1.29 is 9.90 Å². The molecular formula is C14H12ClN5O2S2. The van der Waals surface area contributed by atoms with E-state index in [0.717, 1.165) is 4.88 Å². The van der Waals surface area contributed by atoms with Crippen molar-refractivity contribution in [3.8, 4) is 11.4 Å². The molecule has 0 atom stereocenters. The van der Waals surface area contributed by atoms with E-state index in [9.17, 15) is 9.90 Å². The molecular weight excluding hydrogens is 370 g/mol. The number of halogens is 1. The van der Waals surface area contributed by atoms with Gasteiger partial charge in [0.15, 0.2) is 0 Å². The number of thiophene rings is 1. The smallest absolute Gasteiger partial charge is 0.230 e. The second-order valence-corrected chi connectivity index (χ2v) is 7.40. The molecule has 2 heterocycles. The number of nitrogens with zero attached hydrogens (tertiary/aromatic N) is 4. The fraction of sp³-hybridized carbons (Fsp3) is 0.143. The van der Waals surface area contributed by atoms with Crippen LogP contribution in [0.1, 0.15) is 4.88 Å². The maximum absolute atomic E-state index is 11.9. The molecule has 0 saturated carbocycles. The Morgan fingerprint density at radius 2 is 2.08 bits per heavy atom. The van der Waals surface area contributed by atoms with Crippen molar-refractivity contribution in [1.82, 2.24) is 25.5 Å². The summed E-state index contributed by atoms with van der Waals surface area (Å²) in [5.41, 5.74) is 0.703. The summed E-state index contributed by atoms with van der Waals surface area (Å²) in [6, 6.07) is 10.2. The van der Waals surface area contributed by atoms with Crippen molar-refractivity contribution in [2.75, 3.05) is 5.75 Å². The Morgan fingerprint density at radius 1 is 1.29 bits per heavy atom. The second-order valence-electron chi connectivity index (χ2n) is 4.66. The monoisotopic (exact) mass is 381 g/mol. The van der Waals surface area contributed by atoms with Gasteiger partial charge in [-0.15, -0.1) is 16.4 Å². The summed E-state index contributed by atoms with van der Waals surface area (Å²) in [5, 5.41) is 24.1. The fourth-order valence-corrected chi connectivity index (χ4v) is 3.59. The number of hydrogen-bond acceptors (Lipinski definition) is 7. The van der Waals surface area contributed by atoms with Gasteiger partial charge in [0.1, 0.15) is 5.75 Å². The summed E-state index contributed by atoms with van der Waals surface area (Å²) < 4.78 is 2.21. The van der Waals surface area contributed by atoms with E-state index in [1.165, 1.54) is 27.8 Å². The molecule has 10 heteroatoms. The first-order chi connectivity index (χ1) is 11.6. The number of benzene rings is 1. The number of phenolic OH excluding ortho intramolecular Hbond substituents is 1. The van der Waals surface area contributed by atoms with Crippen LogP contribution < -0.4 is 5.32 Å². The maximum Gasteiger partial charge on any atom is 0.230 e. The van der Waals surface area contributed by atoms with Gasteiger partial charge in [-0.25, -0.2) is 0 Å². The largest absolute Gasteiger partial charge is 0.508 e. The van der Waals surface area contributed by atoms with Crippen LogP contribution in [-0.2, 0) is 11.3 Å². The van der Waals surface area contributed by atoms with Crippen LogP contribution in [0.25, 0.3) is 5.69 Å². The zero-order valence-corrected chi connectivity index (χ0v) is 14.6. The van der Waals surface area contributed by atoms with Crippen molar-refractivity contribution in [2.45, 2.75) is 11.7 Å². The number of tetrazole rings is 1. The average molecular weight is 382 g/mol. The van der Waals surface area contributed by atoms with Gasteiger partial charge in [-0.3, -0.25) is 4.79 Å². The molecule has 0 aliphatic heterocycles. The third-order valence-corrected chi connectivity index (χ3v) is 5.11. The molecule has 1 amide bonds. The van der Waals surface area contributed by atoms with Gasteiger partial charge in [-0.1, -0.05) is 23.4 Å². The Bertz CT molecular complexity index is 834. The first kappa shape index (κ1) is 16.7. The fourth-order valence-electron chi connectivity index (χ4n) is 1.84. The molecule has 2 aromatic heterocycles. The number of thioether (sulfide) groups is 1. The molecule has 2 N–H and O–H groups in total. The van der Waals surface area contributed by atoms with Gasteiger partial charge >= 0.3 is 0 Å². The van der Waals surface area contributed by atoms with E-state index in [1.54, 1.807) is 30.3 Å². The number of carbonyl (C=O) groups is 1. The highest BCUT2D eigenvalue weighted by molar-refractivity contribution is 7.99. The number of aromatic hydroxyl groups is 1. The Morgan fingerprint density at radius 3 is 2.79 bits per heavy atom. The second kappa shape index (κ2) is 7.65. The van der Waals surface area contributed by atoms with Crippen LogP contribution in [0.2, 0.25) is 4.34 Å². The molecule has 24 heavy (non-hydrogen) atoms. The van der Waals surface area contributed by atoms with Crippen molar-refractivity contribution >= 4 is 40.6 Å². The molecule has 1 aromatic carbocycles. The van der Waals surface area contributed by atoms with Crippen LogP contribution >= 0.6 is 34.7 Å². The van der Waals surface area contributed by atoms with E-state index in [4.69, 9.17) is 11.6 Å². The van der Waals surface area contributed by atoms with Gasteiger partial charge in [-0.2, -0.15) is 4.68 Å². The maximum atomic E-state index is 11.9. The minimum Gasteiger partial charge on any atom is -0.508 e. The number of rotatable bonds is 6. The van der Waals surface area contributed by atoms with Gasteiger partial charge < -0.3 is 10.4 Å². The van der Waals surface area contributed by atoms with Crippen molar-refractivity contribution in [2.24, 2.45) is 0 Å². The van der Waals surface area contributed by atoms with E-state index >= 15 is 0 Å². The molecule has 0 radical (unpaired) electrons. The highest BCUT2D eigenvalue weighted by Crippen LogP contribution is 2.22. The topological polar surface area (TPSA) is 92.9 Å². The molecule has 0 aliphatic carbocycles. The predicted molar refractivity (Wildman–Crippen MR) is 92.7 cm³/mol. The lowest BCUT2D eigenvalue weighted by Crippen LogP contribution is -2.24. The molecule has 0 fully saturated rings. The first-order valence-electron chi connectivity index (χ1n) is 6.83. The minimum atomic E-state index is -0.121. The van der Waals surface area contributed by atoms with Gasteiger partial charge in [0.05, 0.1) is 22.3 Å². The number of aromatic nitrogens is 4. The van der Waals surface area contributed by atoms with E-state index in [-0.39, 0.29) is 17.4 Å². The molecule has 0 unspecified atom stereocenters. The molecule has 0 spiro atoms. The third-order valence-electron chi connectivity index (χ3n) is 2.96. The quantitative estimate of drug-likeness (QED) is 0.637. The van der Waals surface area contributed by atoms with Crippen LogP contribution in [0.4, 0.5) is 0 Å². The number of amides is 1. The zero-order chi connectivity index (χ0) is 16.9. The van der Waals surface area contributed by atoms with Crippen LogP contribution in [0.5, 0.6) is 5.75 Å². The summed E-state index contributed by atoms with van der Waals surface area (Å²) in [7, 11) is 0. The molecule has 0 saturated heterocycles. The molecule has 3 rings (SSSR count). The summed E-state index contributed by atoms with van der Waals surface area (Å²) in [6.07, 6.45) is 0. The SMILES string of the molecule is O=C(CSc1nnnn1-c1ccc(O)cc1)NCc1ccc(Cl)s1. The van der Waals surface area contributed by atoms with Crippen molar-refractivity contribution in [3.05, 3.63) is 45.6 Å². The first-order valence-corrected chi connectivity index (χ1v) is 9.01. The van der Waals surface area contributed by atoms with E-state index < -0.39 is 0 Å². The Kier molecular flexibility index (Phi) is 5.34. The van der Waals surface area contributed by atoms with E-state index in [1.807, 2.05) is 6.07 Å². The Balaban J connectivity index is 1.56. The van der Waals surface area contributed by atoms with Crippen LogP contribution in [-0.4, -0.2) is 37.0 Å². The zero-order valence-electron chi connectivity index (χ0n) is 12.2. The average Bonchev–Trinajstić information content (AvgIpc) is 3.20.